The molecule has 1 aliphatic rings. The van der Waals surface area contributed by atoms with E-state index in [0.29, 0.717) is 6.54 Å². The minimum absolute atomic E-state index is 0.290. The van der Waals surface area contributed by atoms with E-state index < -0.39 is 11.5 Å². The summed E-state index contributed by atoms with van der Waals surface area (Å²) in [6, 6.07) is 4.68. The van der Waals surface area contributed by atoms with Gasteiger partial charge in [-0.05, 0) is 38.1 Å². The number of fused-ring (bicyclic) bond motifs is 1. The summed E-state index contributed by atoms with van der Waals surface area (Å²) in [6.45, 7) is 2.67. The van der Waals surface area contributed by atoms with Crippen LogP contribution >= 0.6 is 0 Å². The number of likely N-dealkylation sites (N-methyl/N-ethyl adjacent to an activating group) is 1. The molecule has 2 N–H and O–H groups in total. The summed E-state index contributed by atoms with van der Waals surface area (Å²) in [5.74, 6) is -1.20. The van der Waals surface area contributed by atoms with Crippen LogP contribution in [0, 0.1) is 5.82 Å². The van der Waals surface area contributed by atoms with E-state index in [9.17, 15) is 14.3 Å². The highest BCUT2D eigenvalue weighted by atomic mass is 19.1. The lowest BCUT2D eigenvalue weighted by molar-refractivity contribution is -0.143. The standard InChI is InChI=1S/C13H17FN2O2/c1-13(15-2,12(17)18)8-16-6-5-9-3-4-10(14)7-11(9)16/h3-4,7,15H,5-6,8H2,1-2H3,(H,17,18). The first-order chi connectivity index (χ1) is 8.46. The summed E-state index contributed by atoms with van der Waals surface area (Å²) in [7, 11) is 1.62. The van der Waals surface area contributed by atoms with Crippen molar-refractivity contribution in [2.24, 2.45) is 0 Å². The number of carboxylic acid groups (broad SMARTS) is 1. The second-order valence-corrected chi connectivity index (χ2v) is 4.83. The van der Waals surface area contributed by atoms with Crippen molar-refractivity contribution in [2.75, 3.05) is 25.0 Å². The molecule has 0 fully saturated rings. The molecule has 1 atom stereocenters. The third-order valence-corrected chi connectivity index (χ3v) is 3.57. The number of hydrogen-bond acceptors (Lipinski definition) is 3. The molecule has 18 heavy (non-hydrogen) atoms. The largest absolute Gasteiger partial charge is 0.480 e. The van der Waals surface area contributed by atoms with E-state index in [0.717, 1.165) is 24.2 Å². The average Bonchev–Trinajstić information content (AvgIpc) is 2.71. The van der Waals surface area contributed by atoms with E-state index in [4.69, 9.17) is 0 Å². The predicted molar refractivity (Wildman–Crippen MR) is 67.4 cm³/mol. The van der Waals surface area contributed by atoms with Crippen LogP contribution in [-0.2, 0) is 11.2 Å². The van der Waals surface area contributed by atoms with Crippen molar-refractivity contribution in [3.8, 4) is 0 Å². The molecule has 1 unspecified atom stereocenters. The maximum Gasteiger partial charge on any atom is 0.325 e. The van der Waals surface area contributed by atoms with Crippen LogP contribution in [0.1, 0.15) is 12.5 Å². The molecule has 1 heterocycles. The molecule has 0 aliphatic carbocycles. The van der Waals surface area contributed by atoms with Crippen LogP contribution in [0.2, 0.25) is 0 Å². The smallest absolute Gasteiger partial charge is 0.325 e. The van der Waals surface area contributed by atoms with Gasteiger partial charge >= 0.3 is 5.97 Å². The maximum absolute atomic E-state index is 13.3. The van der Waals surface area contributed by atoms with Crippen molar-refractivity contribution in [1.29, 1.82) is 0 Å². The average molecular weight is 252 g/mol. The van der Waals surface area contributed by atoms with E-state index in [1.807, 2.05) is 4.90 Å². The first kappa shape index (κ1) is 12.8. The van der Waals surface area contributed by atoms with Crippen molar-refractivity contribution in [1.82, 2.24) is 5.32 Å². The molecule has 0 bridgehead atoms. The molecule has 1 aliphatic heterocycles. The predicted octanol–water partition coefficient (Wildman–Crippen LogP) is 1.25. The van der Waals surface area contributed by atoms with Crippen LogP contribution in [0.15, 0.2) is 18.2 Å². The van der Waals surface area contributed by atoms with Gasteiger partial charge in [-0.3, -0.25) is 4.79 Å². The zero-order valence-electron chi connectivity index (χ0n) is 10.5. The van der Waals surface area contributed by atoms with E-state index in [2.05, 4.69) is 5.32 Å². The summed E-state index contributed by atoms with van der Waals surface area (Å²) in [5, 5.41) is 12.0. The Labute approximate surface area is 105 Å². The lowest BCUT2D eigenvalue weighted by Crippen LogP contribution is -2.55. The molecule has 0 spiro atoms. The second-order valence-electron chi connectivity index (χ2n) is 4.83. The van der Waals surface area contributed by atoms with Gasteiger partial charge in [0.1, 0.15) is 11.4 Å². The number of aliphatic carboxylic acids is 1. The summed E-state index contributed by atoms with van der Waals surface area (Å²) in [6.07, 6.45) is 0.828. The Morgan fingerprint density at radius 1 is 1.61 bits per heavy atom. The SMILES string of the molecule is CNC(C)(CN1CCc2ccc(F)cc21)C(=O)O. The minimum atomic E-state index is -1.03. The number of benzene rings is 1. The normalized spacial score (nSPS) is 17.4. The van der Waals surface area contributed by atoms with E-state index in [1.54, 1.807) is 20.0 Å². The van der Waals surface area contributed by atoms with Gasteiger partial charge in [-0.1, -0.05) is 6.07 Å². The van der Waals surface area contributed by atoms with Gasteiger partial charge in [0.05, 0.1) is 0 Å². The van der Waals surface area contributed by atoms with Gasteiger partial charge in [0.25, 0.3) is 0 Å². The van der Waals surface area contributed by atoms with Gasteiger partial charge in [0, 0.05) is 18.8 Å². The van der Waals surface area contributed by atoms with Crippen molar-refractivity contribution in [3.05, 3.63) is 29.6 Å². The third kappa shape index (κ3) is 2.18. The molecule has 98 valence electrons. The first-order valence-electron chi connectivity index (χ1n) is 5.92. The van der Waals surface area contributed by atoms with Crippen molar-refractivity contribution < 1.29 is 14.3 Å². The Morgan fingerprint density at radius 2 is 2.33 bits per heavy atom. The summed E-state index contributed by atoms with van der Waals surface area (Å²) >= 11 is 0. The van der Waals surface area contributed by atoms with Gasteiger partial charge in [0.15, 0.2) is 0 Å². The highest BCUT2D eigenvalue weighted by molar-refractivity contribution is 5.79. The van der Waals surface area contributed by atoms with E-state index in [-0.39, 0.29) is 5.82 Å². The number of anilines is 1. The molecule has 5 heteroatoms. The quantitative estimate of drug-likeness (QED) is 0.847. The van der Waals surface area contributed by atoms with Gasteiger partial charge in [-0.2, -0.15) is 0 Å². The Hall–Kier alpha value is -1.62. The monoisotopic (exact) mass is 252 g/mol. The number of nitrogens with one attached hydrogen (secondary N) is 1. The molecule has 0 saturated heterocycles. The first-order valence-corrected chi connectivity index (χ1v) is 5.92. The fourth-order valence-corrected chi connectivity index (χ4v) is 2.22. The summed E-state index contributed by atoms with van der Waals surface area (Å²) in [4.78, 5) is 13.2. The van der Waals surface area contributed by atoms with E-state index in [1.165, 1.54) is 12.1 Å². The van der Waals surface area contributed by atoms with Gasteiger partial charge in [0.2, 0.25) is 0 Å². The zero-order valence-corrected chi connectivity index (χ0v) is 10.5. The van der Waals surface area contributed by atoms with Crippen LogP contribution in [0.4, 0.5) is 10.1 Å². The number of carboxylic acids is 1. The minimum Gasteiger partial charge on any atom is -0.480 e. The van der Waals surface area contributed by atoms with Gasteiger partial charge in [-0.15, -0.1) is 0 Å². The molecule has 0 aromatic heterocycles. The number of carbonyl (C=O) groups is 1. The highest BCUT2D eigenvalue weighted by Crippen LogP contribution is 2.29. The number of rotatable bonds is 4. The maximum atomic E-state index is 13.3. The molecule has 0 radical (unpaired) electrons. The van der Waals surface area contributed by atoms with Crippen molar-refractivity contribution >= 4 is 11.7 Å². The Bertz CT molecular complexity index is 478. The molecule has 0 amide bonds. The van der Waals surface area contributed by atoms with Gasteiger partial charge in [-0.25, -0.2) is 4.39 Å². The van der Waals surface area contributed by atoms with Crippen LogP contribution in [-0.4, -0.2) is 36.8 Å². The van der Waals surface area contributed by atoms with Crippen LogP contribution in [0.25, 0.3) is 0 Å². The van der Waals surface area contributed by atoms with Gasteiger partial charge < -0.3 is 15.3 Å². The van der Waals surface area contributed by atoms with Crippen molar-refractivity contribution in [3.63, 3.8) is 0 Å². The molecule has 4 nitrogen and oxygen atoms in total. The summed E-state index contributed by atoms with van der Waals surface area (Å²) in [5.41, 5.74) is 0.839. The highest BCUT2D eigenvalue weighted by Gasteiger charge is 2.35. The number of nitrogens with zero attached hydrogens (tertiary/aromatic N) is 1. The molecular weight excluding hydrogens is 235 g/mol. The fourth-order valence-electron chi connectivity index (χ4n) is 2.22. The molecule has 1 aromatic rings. The Morgan fingerprint density at radius 3 is 2.94 bits per heavy atom. The third-order valence-electron chi connectivity index (χ3n) is 3.57. The molecule has 2 rings (SSSR count). The van der Waals surface area contributed by atoms with Crippen LogP contribution in [0.5, 0.6) is 0 Å². The number of halogens is 1. The Balaban J connectivity index is 2.24. The zero-order chi connectivity index (χ0) is 13.3. The van der Waals surface area contributed by atoms with Crippen LogP contribution in [0.3, 0.4) is 0 Å². The lowest BCUT2D eigenvalue weighted by Gasteiger charge is -2.31. The topological polar surface area (TPSA) is 52.6 Å². The van der Waals surface area contributed by atoms with E-state index >= 15 is 0 Å². The molecule has 0 saturated carbocycles. The lowest BCUT2D eigenvalue weighted by atomic mass is 10.0. The molecular formula is C13H17FN2O2. The summed E-state index contributed by atoms with van der Waals surface area (Å²) < 4.78 is 13.3. The Kier molecular flexibility index (Phi) is 3.26. The fraction of sp³-hybridized carbons (Fsp3) is 0.462. The second kappa shape index (κ2) is 4.57. The van der Waals surface area contributed by atoms with Crippen LogP contribution < -0.4 is 10.2 Å². The molecule has 1 aromatic carbocycles. The number of hydrogen-bond donors (Lipinski definition) is 2. The van der Waals surface area contributed by atoms with Crippen molar-refractivity contribution in [2.45, 2.75) is 18.9 Å².